The predicted octanol–water partition coefficient (Wildman–Crippen LogP) is 2.34. The zero-order chi connectivity index (χ0) is 19.1. The van der Waals surface area contributed by atoms with Crippen molar-refractivity contribution in [2.45, 2.75) is 39.5 Å². The summed E-state index contributed by atoms with van der Waals surface area (Å²) in [5.74, 6) is 0.583. The minimum absolute atomic E-state index is 0.0444. The van der Waals surface area contributed by atoms with Gasteiger partial charge in [0, 0.05) is 25.7 Å². The van der Waals surface area contributed by atoms with E-state index in [2.05, 4.69) is 10.00 Å². The third-order valence-electron chi connectivity index (χ3n) is 4.91. The first-order chi connectivity index (χ1) is 13.0. The van der Waals surface area contributed by atoms with Crippen LogP contribution in [0.2, 0.25) is 0 Å². The summed E-state index contributed by atoms with van der Waals surface area (Å²) < 4.78 is 22.4. The molecule has 0 spiro atoms. The molecule has 0 aliphatic carbocycles. The van der Waals surface area contributed by atoms with Crippen LogP contribution in [-0.2, 0) is 19.6 Å². The van der Waals surface area contributed by atoms with E-state index in [1.807, 2.05) is 19.9 Å². The van der Waals surface area contributed by atoms with E-state index >= 15 is 0 Å². The lowest BCUT2D eigenvalue weighted by Gasteiger charge is -2.29. The van der Waals surface area contributed by atoms with Crippen LogP contribution in [0.5, 0.6) is 5.75 Å². The Kier molecular flexibility index (Phi) is 4.43. The van der Waals surface area contributed by atoms with Gasteiger partial charge in [0.2, 0.25) is 0 Å². The Bertz CT molecular complexity index is 1060. The maximum Gasteiger partial charge on any atom is 0.264 e. The third kappa shape index (κ3) is 3.10. The Morgan fingerprint density at radius 2 is 2.11 bits per heavy atom. The topological polar surface area (TPSA) is 65.2 Å². The van der Waals surface area contributed by atoms with E-state index in [-0.39, 0.29) is 23.2 Å². The molecule has 8 heteroatoms. The molecule has 1 aliphatic heterocycles. The summed E-state index contributed by atoms with van der Waals surface area (Å²) in [7, 11) is 1.45. The summed E-state index contributed by atoms with van der Waals surface area (Å²) in [5, 5.41) is 4.87. The second-order valence-corrected chi connectivity index (χ2v) is 7.08. The van der Waals surface area contributed by atoms with Crippen LogP contribution in [-0.4, -0.2) is 37.9 Å². The van der Waals surface area contributed by atoms with Crippen molar-refractivity contribution in [2.24, 2.45) is 0 Å². The molecule has 4 rings (SSSR count). The molecule has 2 aromatic heterocycles. The monoisotopic (exact) mass is 371 g/mol. The first-order valence-corrected chi connectivity index (χ1v) is 8.99. The van der Waals surface area contributed by atoms with Crippen LogP contribution in [0, 0.1) is 5.82 Å². The van der Waals surface area contributed by atoms with E-state index in [9.17, 15) is 9.18 Å². The van der Waals surface area contributed by atoms with Crippen molar-refractivity contribution < 1.29 is 9.13 Å². The lowest BCUT2D eigenvalue weighted by Crippen LogP contribution is -2.39. The molecule has 0 amide bonds. The molecule has 0 saturated heterocycles. The van der Waals surface area contributed by atoms with Gasteiger partial charge < -0.3 is 4.74 Å². The molecule has 0 bridgehead atoms. The maximum atomic E-state index is 13.9. The fourth-order valence-electron chi connectivity index (χ4n) is 3.51. The molecule has 0 atom stereocenters. The van der Waals surface area contributed by atoms with Gasteiger partial charge in [-0.25, -0.2) is 14.1 Å². The molecule has 0 unspecified atom stereocenters. The lowest BCUT2D eigenvalue weighted by molar-refractivity contribution is 0.204. The Morgan fingerprint density at radius 1 is 1.30 bits per heavy atom. The molecule has 142 valence electrons. The fourth-order valence-corrected chi connectivity index (χ4v) is 3.51. The molecular weight excluding hydrogens is 349 g/mol. The van der Waals surface area contributed by atoms with Crippen LogP contribution >= 0.6 is 0 Å². The minimum atomic E-state index is -0.371. The van der Waals surface area contributed by atoms with Gasteiger partial charge in [-0.05, 0) is 31.5 Å². The third-order valence-corrected chi connectivity index (χ3v) is 4.91. The summed E-state index contributed by atoms with van der Waals surface area (Å²) in [6, 6.07) is 5.11. The first kappa shape index (κ1) is 17.7. The molecule has 1 aliphatic rings. The standard InChI is InChI=1S/C19H22FN5O2/c1-12(2)25-18-14(9-21-25)19(26)24-7-6-23(11-17(24)22-18)10-13-4-5-16(27-3)15(20)8-13/h4-5,8-9,12H,6-7,10-11H2,1-3H3. The number of halogens is 1. The number of hydrogen-bond donors (Lipinski definition) is 0. The number of hydrogen-bond acceptors (Lipinski definition) is 5. The van der Waals surface area contributed by atoms with Crippen LogP contribution in [0.15, 0.2) is 29.2 Å². The van der Waals surface area contributed by atoms with Gasteiger partial charge in [-0.3, -0.25) is 14.3 Å². The van der Waals surface area contributed by atoms with Crippen molar-refractivity contribution >= 4 is 11.0 Å². The Hall–Kier alpha value is -2.74. The predicted molar refractivity (Wildman–Crippen MR) is 99.2 cm³/mol. The highest BCUT2D eigenvalue weighted by Crippen LogP contribution is 2.21. The lowest BCUT2D eigenvalue weighted by atomic mass is 10.2. The van der Waals surface area contributed by atoms with Crippen LogP contribution in [0.25, 0.3) is 11.0 Å². The number of ether oxygens (including phenoxy) is 1. The molecule has 7 nitrogen and oxygen atoms in total. The number of nitrogens with zero attached hydrogens (tertiary/aromatic N) is 5. The smallest absolute Gasteiger partial charge is 0.264 e. The van der Waals surface area contributed by atoms with E-state index in [1.54, 1.807) is 21.5 Å². The molecule has 3 heterocycles. The van der Waals surface area contributed by atoms with Gasteiger partial charge in [0.25, 0.3) is 5.56 Å². The highest BCUT2D eigenvalue weighted by atomic mass is 19.1. The highest BCUT2D eigenvalue weighted by Gasteiger charge is 2.22. The van der Waals surface area contributed by atoms with Gasteiger partial charge in [0.1, 0.15) is 11.2 Å². The average Bonchev–Trinajstić information content (AvgIpc) is 3.06. The van der Waals surface area contributed by atoms with E-state index < -0.39 is 0 Å². The van der Waals surface area contributed by atoms with Gasteiger partial charge in [0.15, 0.2) is 17.2 Å². The van der Waals surface area contributed by atoms with Crippen molar-refractivity contribution in [3.8, 4) is 5.75 Å². The van der Waals surface area contributed by atoms with Gasteiger partial charge in [0.05, 0.1) is 19.9 Å². The zero-order valence-electron chi connectivity index (χ0n) is 15.6. The van der Waals surface area contributed by atoms with Crippen molar-refractivity contribution in [2.75, 3.05) is 13.7 Å². The molecule has 0 saturated carbocycles. The van der Waals surface area contributed by atoms with E-state index in [1.165, 1.54) is 13.2 Å². The molecule has 0 radical (unpaired) electrons. The van der Waals surface area contributed by atoms with Crippen molar-refractivity contribution in [3.63, 3.8) is 0 Å². The summed E-state index contributed by atoms with van der Waals surface area (Å²) in [4.78, 5) is 19.7. The second kappa shape index (κ2) is 6.77. The molecule has 3 aromatic rings. The molecule has 0 fully saturated rings. The Balaban J connectivity index is 1.63. The average molecular weight is 371 g/mol. The molecule has 0 N–H and O–H groups in total. The van der Waals surface area contributed by atoms with E-state index in [0.717, 1.165) is 11.4 Å². The molecular formula is C19H22FN5O2. The van der Waals surface area contributed by atoms with Crippen molar-refractivity contribution in [1.29, 1.82) is 0 Å². The minimum Gasteiger partial charge on any atom is -0.494 e. The second-order valence-electron chi connectivity index (χ2n) is 7.08. The van der Waals surface area contributed by atoms with Gasteiger partial charge in [-0.1, -0.05) is 6.07 Å². The summed E-state index contributed by atoms with van der Waals surface area (Å²) in [5.41, 5.74) is 1.44. The van der Waals surface area contributed by atoms with Gasteiger partial charge in [-0.15, -0.1) is 0 Å². The highest BCUT2D eigenvalue weighted by molar-refractivity contribution is 5.73. The fraction of sp³-hybridized carbons (Fsp3) is 0.421. The maximum absolute atomic E-state index is 13.9. The zero-order valence-corrected chi connectivity index (χ0v) is 15.6. The number of methoxy groups -OCH3 is 1. The number of rotatable bonds is 4. The van der Waals surface area contributed by atoms with Crippen molar-refractivity contribution in [1.82, 2.24) is 24.2 Å². The summed E-state index contributed by atoms with van der Waals surface area (Å²) in [6.45, 7) is 6.39. The first-order valence-electron chi connectivity index (χ1n) is 8.99. The number of aromatic nitrogens is 4. The molecule has 1 aromatic carbocycles. The van der Waals surface area contributed by atoms with E-state index in [0.29, 0.717) is 37.2 Å². The van der Waals surface area contributed by atoms with Crippen LogP contribution in [0.1, 0.15) is 31.3 Å². The SMILES string of the molecule is COc1ccc(CN2CCn3c(nc4c(cnn4C(C)C)c3=O)C2)cc1F. The number of fused-ring (bicyclic) bond motifs is 2. The van der Waals surface area contributed by atoms with Crippen LogP contribution < -0.4 is 10.3 Å². The summed E-state index contributed by atoms with van der Waals surface area (Å²) in [6.07, 6.45) is 1.60. The van der Waals surface area contributed by atoms with Gasteiger partial charge >= 0.3 is 0 Å². The van der Waals surface area contributed by atoms with Crippen molar-refractivity contribution in [3.05, 3.63) is 52.0 Å². The Morgan fingerprint density at radius 3 is 2.81 bits per heavy atom. The van der Waals surface area contributed by atoms with Crippen LogP contribution in [0.4, 0.5) is 4.39 Å². The Labute approximate surface area is 156 Å². The number of benzene rings is 1. The van der Waals surface area contributed by atoms with Gasteiger partial charge in [-0.2, -0.15) is 5.10 Å². The van der Waals surface area contributed by atoms with E-state index in [4.69, 9.17) is 9.72 Å². The molecule has 27 heavy (non-hydrogen) atoms. The van der Waals surface area contributed by atoms with Crippen LogP contribution in [0.3, 0.4) is 0 Å². The normalized spacial score (nSPS) is 14.7. The summed E-state index contributed by atoms with van der Waals surface area (Å²) >= 11 is 0. The quantitative estimate of drug-likeness (QED) is 0.704. The largest absolute Gasteiger partial charge is 0.494 e.